The third-order valence-corrected chi connectivity index (χ3v) is 0. The molecule has 18 valence electrons. The molecule has 0 aromatic heterocycles. The van der Waals surface area contributed by atoms with Crippen molar-refractivity contribution in [2.75, 3.05) is 0 Å². The van der Waals surface area contributed by atoms with Crippen molar-refractivity contribution < 1.29 is 65.3 Å². The maximum atomic E-state index is 0. The second-order valence-corrected chi connectivity index (χ2v) is 0. The first-order chi connectivity index (χ1) is 0. The Labute approximate surface area is 100 Å². The zero-order valence-electron chi connectivity index (χ0n) is 2.23. The first-order valence-electron chi connectivity index (χ1n) is 0. The van der Waals surface area contributed by atoms with Crippen LogP contribution in [0.5, 0.6) is 0 Å². The molecule has 0 fully saturated rings. The van der Waals surface area contributed by atoms with E-state index < -0.39 is 0 Å². The van der Waals surface area contributed by atoms with E-state index in [-0.39, 0.29) is 103 Å². The molecule has 1 nitrogen and oxygen atoms in total. The topological polar surface area (TPSA) is 31.5 Å². The molecule has 0 aromatic rings. The van der Waals surface area contributed by atoms with E-state index >= 15 is 0 Å². The molecule has 0 unspecified atom stereocenters. The van der Waals surface area contributed by atoms with Gasteiger partial charge in [-0.25, -0.2) is 0 Å². The number of hydrogen-bond donors (Lipinski definition) is 0. The summed E-state index contributed by atoms with van der Waals surface area (Å²) < 4.78 is 0. The molecule has 0 rings (SSSR count). The maximum absolute atomic E-state index is 0. The summed E-state index contributed by atoms with van der Waals surface area (Å²) in [4.78, 5) is 0. The minimum Gasteiger partial charge on any atom is -0.412 e. The summed E-state index contributed by atoms with van der Waals surface area (Å²) >= 11 is 0. The summed E-state index contributed by atoms with van der Waals surface area (Å²) in [5.74, 6) is 0. The van der Waals surface area contributed by atoms with Gasteiger partial charge in [-0.2, -0.15) is 0 Å². The smallest absolute Gasteiger partial charge is 0 e. The van der Waals surface area contributed by atoms with E-state index in [0.29, 0.717) is 0 Å². The third kappa shape index (κ3) is 8.95. The van der Waals surface area contributed by atoms with Crippen LogP contribution in [0.15, 0.2) is 0 Å². The Bertz CT molecular complexity index is 8.00. The van der Waals surface area contributed by atoms with Crippen molar-refractivity contribution >= 4 is 37.7 Å². The molecule has 0 amide bonds. The molecule has 0 aromatic carbocycles. The van der Waals surface area contributed by atoms with Crippen molar-refractivity contribution in [3.63, 3.8) is 0 Å². The second-order valence-electron chi connectivity index (χ2n) is 0. The summed E-state index contributed by atoms with van der Waals surface area (Å²) in [6.45, 7) is 0. The van der Waals surface area contributed by atoms with Crippen LogP contribution < -0.4 is 0 Å². The summed E-state index contributed by atoms with van der Waals surface area (Å²) in [5, 5.41) is 0. The summed E-state index contributed by atoms with van der Waals surface area (Å²) in [6.07, 6.45) is 0. The van der Waals surface area contributed by atoms with E-state index in [1.807, 2.05) is 0 Å². The van der Waals surface area contributed by atoms with Gasteiger partial charge in [0.15, 0.2) is 0 Å². The van der Waals surface area contributed by atoms with Gasteiger partial charge in [0.2, 0.25) is 0 Å². The monoisotopic (exact) mass is 250 g/mol. The van der Waals surface area contributed by atoms with E-state index in [0.717, 1.165) is 0 Å². The molecule has 0 heterocycles. The standard InChI is InChI=1S/Ca.H2O.Pr.V/h;1H2;;. The molecule has 0 saturated carbocycles. The van der Waals surface area contributed by atoms with Crippen LogP contribution in [0.3, 0.4) is 0 Å². The van der Waals surface area contributed by atoms with Crippen molar-refractivity contribution in [1.29, 1.82) is 0 Å². The van der Waals surface area contributed by atoms with Gasteiger partial charge in [0.25, 0.3) is 0 Å². The Hall–Kier alpha value is 3.17. The third-order valence-electron chi connectivity index (χ3n) is 0. The fourth-order valence-corrected chi connectivity index (χ4v) is 0. The Morgan fingerprint density at radius 1 is 1.00 bits per heavy atom. The molecule has 0 saturated heterocycles. The average molecular weight is 250 g/mol. The molecule has 0 bridgehead atoms. The maximum Gasteiger partial charge on any atom is 0 e. The quantitative estimate of drug-likeness (QED) is 0.483. The van der Waals surface area contributed by atoms with Crippen LogP contribution >= 0.6 is 0 Å². The molecule has 4 radical (unpaired) electrons. The molecule has 0 aliphatic carbocycles. The molecule has 0 aliphatic heterocycles. The van der Waals surface area contributed by atoms with Gasteiger partial charge >= 0.3 is 0 Å². The van der Waals surface area contributed by atoms with Crippen molar-refractivity contribution in [3.05, 3.63) is 0 Å². The van der Waals surface area contributed by atoms with Gasteiger partial charge in [0.1, 0.15) is 0 Å². The zero-order chi connectivity index (χ0) is 0. The van der Waals surface area contributed by atoms with Crippen LogP contribution in [0.1, 0.15) is 0 Å². The predicted molar refractivity (Wildman–Crippen MR) is 9.37 cm³/mol. The van der Waals surface area contributed by atoms with Gasteiger partial charge in [0.05, 0.1) is 0 Å². The molecule has 0 atom stereocenters. The molecule has 0 spiro atoms. The van der Waals surface area contributed by atoms with Crippen LogP contribution in [0.2, 0.25) is 0 Å². The average Bonchev–Trinajstić information content (AvgIpc) is 0. The molecular formula is H2CaOPrV. The minimum absolute atomic E-state index is 0. The van der Waals surface area contributed by atoms with E-state index in [4.69, 9.17) is 0 Å². The predicted octanol–water partition coefficient (Wildman–Crippen LogP) is -1.21. The van der Waals surface area contributed by atoms with Crippen LogP contribution in [0.4, 0.5) is 0 Å². The van der Waals surface area contributed by atoms with E-state index in [2.05, 4.69) is 0 Å². The van der Waals surface area contributed by atoms with E-state index in [1.54, 1.807) is 0 Å². The van der Waals surface area contributed by atoms with Gasteiger partial charge < -0.3 is 5.48 Å². The fraction of sp³-hybridized carbons (Fsp3) is 0. The van der Waals surface area contributed by atoms with Crippen LogP contribution in [0.25, 0.3) is 0 Å². The molecule has 2 N–H and O–H groups in total. The van der Waals surface area contributed by atoms with Gasteiger partial charge in [-0.15, -0.1) is 0 Å². The van der Waals surface area contributed by atoms with Crippen LogP contribution in [0, 0.1) is 41.3 Å². The Morgan fingerprint density at radius 3 is 1.00 bits per heavy atom. The van der Waals surface area contributed by atoms with Gasteiger partial charge in [0, 0.05) is 97.6 Å². The largest absolute Gasteiger partial charge is 0.412 e. The normalized spacial score (nSPS) is 0. The first-order valence-corrected chi connectivity index (χ1v) is 0. The summed E-state index contributed by atoms with van der Waals surface area (Å²) in [7, 11) is 0. The second kappa shape index (κ2) is 16.4. The zero-order valence-corrected chi connectivity index (χ0v) is 9.54. The number of rotatable bonds is 0. The van der Waals surface area contributed by atoms with Gasteiger partial charge in [-0.3, -0.25) is 0 Å². The molecule has 0 aliphatic rings. The Morgan fingerprint density at radius 2 is 1.00 bits per heavy atom. The summed E-state index contributed by atoms with van der Waals surface area (Å²) in [5.41, 5.74) is 0. The molecular weight excluding hydrogens is 248 g/mol. The minimum atomic E-state index is 0. The fourth-order valence-electron chi connectivity index (χ4n) is 0. The molecule has 4 heteroatoms. The first kappa shape index (κ1) is 27.2. The molecule has 4 heavy (non-hydrogen) atoms. The van der Waals surface area contributed by atoms with E-state index in [1.165, 1.54) is 0 Å². The SMILES string of the molecule is O.[Ca].[Pr].[V]. The van der Waals surface area contributed by atoms with Crippen molar-refractivity contribution in [3.8, 4) is 0 Å². The van der Waals surface area contributed by atoms with Gasteiger partial charge in [-0.05, 0) is 0 Å². The Balaban J connectivity index is 0. The Kier molecular flexibility index (Phi) is 112. The van der Waals surface area contributed by atoms with Crippen LogP contribution in [-0.4, -0.2) is 43.2 Å². The van der Waals surface area contributed by atoms with Crippen molar-refractivity contribution in [1.82, 2.24) is 0 Å². The summed E-state index contributed by atoms with van der Waals surface area (Å²) in [6, 6.07) is 0. The van der Waals surface area contributed by atoms with E-state index in [9.17, 15) is 0 Å². The van der Waals surface area contributed by atoms with Crippen molar-refractivity contribution in [2.45, 2.75) is 0 Å². The number of hydrogen-bond acceptors (Lipinski definition) is 0. The van der Waals surface area contributed by atoms with Crippen molar-refractivity contribution in [2.24, 2.45) is 0 Å². The van der Waals surface area contributed by atoms with Gasteiger partial charge in [-0.1, -0.05) is 0 Å². The van der Waals surface area contributed by atoms with Crippen LogP contribution in [-0.2, 0) is 18.6 Å².